The number of fused-ring (bicyclic) bond motifs is 1. The van der Waals surface area contributed by atoms with Crippen LogP contribution < -0.4 is 10.5 Å². The number of ether oxygens (including phenoxy) is 2. The molecule has 1 saturated carbocycles. The monoisotopic (exact) mass is 473 g/mol. The highest BCUT2D eigenvalue weighted by Gasteiger charge is 2.28. The Bertz CT molecular complexity index is 1370. The maximum atomic E-state index is 15.3. The summed E-state index contributed by atoms with van der Waals surface area (Å²) in [6.07, 6.45) is 2.36. The SMILES string of the molecule is CCOC(=O)Cc1ccccc1OCc1cc(-c2cccc(CN)c2F)c2oc(C3CC3)cc2c1. The van der Waals surface area contributed by atoms with Gasteiger partial charge in [0, 0.05) is 40.1 Å². The molecule has 1 aliphatic rings. The minimum Gasteiger partial charge on any atom is -0.489 e. The van der Waals surface area contributed by atoms with Crippen LogP contribution in [-0.2, 0) is 29.1 Å². The van der Waals surface area contributed by atoms with E-state index in [2.05, 4.69) is 6.07 Å². The third-order valence-corrected chi connectivity index (χ3v) is 6.27. The van der Waals surface area contributed by atoms with E-state index in [1.54, 1.807) is 19.1 Å². The van der Waals surface area contributed by atoms with E-state index in [1.807, 2.05) is 42.5 Å². The molecule has 180 valence electrons. The van der Waals surface area contributed by atoms with Crippen molar-refractivity contribution in [3.05, 3.63) is 88.9 Å². The summed E-state index contributed by atoms with van der Waals surface area (Å²) in [5.74, 6) is 1.36. The molecule has 5 rings (SSSR count). The summed E-state index contributed by atoms with van der Waals surface area (Å²) in [7, 11) is 0. The van der Waals surface area contributed by atoms with Gasteiger partial charge in [0.1, 0.15) is 29.5 Å². The number of hydrogen-bond acceptors (Lipinski definition) is 5. The Hall–Kier alpha value is -3.64. The molecule has 4 aromatic rings. The van der Waals surface area contributed by atoms with Gasteiger partial charge < -0.3 is 19.6 Å². The van der Waals surface area contributed by atoms with Gasteiger partial charge in [0.15, 0.2) is 0 Å². The van der Waals surface area contributed by atoms with E-state index in [1.165, 1.54) is 0 Å². The standard InChI is InChI=1S/C29H28FNO4/c1-2-33-27(32)15-20-6-3-4-9-25(20)34-17-18-12-22-14-26(19-10-11-19)35-29(22)24(13-18)23-8-5-7-21(16-31)28(23)30/h3-9,12-14,19H,2,10-11,15-17,31H2,1H3. The normalized spacial score (nSPS) is 13.2. The summed E-state index contributed by atoms with van der Waals surface area (Å²) in [6.45, 7) is 2.49. The lowest BCUT2D eigenvalue weighted by atomic mass is 9.98. The van der Waals surface area contributed by atoms with Gasteiger partial charge in [0.05, 0.1) is 13.0 Å². The Labute approximate surface area is 203 Å². The van der Waals surface area contributed by atoms with Crippen LogP contribution in [0.15, 0.2) is 65.1 Å². The third kappa shape index (κ3) is 4.93. The minimum atomic E-state index is -0.335. The number of furan rings is 1. The van der Waals surface area contributed by atoms with E-state index in [4.69, 9.17) is 19.6 Å². The zero-order valence-corrected chi connectivity index (χ0v) is 19.7. The van der Waals surface area contributed by atoms with Crippen molar-refractivity contribution in [1.29, 1.82) is 0 Å². The van der Waals surface area contributed by atoms with Crippen LogP contribution in [0.1, 0.15) is 48.1 Å². The Balaban J connectivity index is 1.50. The first-order valence-corrected chi connectivity index (χ1v) is 12.0. The minimum absolute atomic E-state index is 0.119. The first-order chi connectivity index (χ1) is 17.1. The highest BCUT2D eigenvalue weighted by molar-refractivity contribution is 5.94. The molecule has 35 heavy (non-hydrogen) atoms. The van der Waals surface area contributed by atoms with Crippen molar-refractivity contribution in [3.8, 4) is 16.9 Å². The first kappa shape index (κ1) is 23.1. The van der Waals surface area contributed by atoms with Crippen molar-refractivity contribution in [2.75, 3.05) is 6.61 Å². The topological polar surface area (TPSA) is 74.7 Å². The average molecular weight is 474 g/mol. The van der Waals surface area contributed by atoms with Crippen LogP contribution in [0.5, 0.6) is 5.75 Å². The molecule has 0 bridgehead atoms. The molecule has 0 spiro atoms. The van der Waals surface area contributed by atoms with Crippen molar-refractivity contribution in [2.24, 2.45) is 5.73 Å². The molecular formula is C29H28FNO4. The Morgan fingerprint density at radius 1 is 1.06 bits per heavy atom. The number of para-hydroxylation sites is 1. The van der Waals surface area contributed by atoms with Gasteiger partial charge in [0.2, 0.25) is 0 Å². The number of nitrogens with two attached hydrogens (primary N) is 1. The fraction of sp³-hybridized carbons (Fsp3) is 0.276. The largest absolute Gasteiger partial charge is 0.489 e. The van der Waals surface area contributed by atoms with Crippen molar-refractivity contribution in [3.63, 3.8) is 0 Å². The summed E-state index contributed by atoms with van der Waals surface area (Å²) in [5, 5.41) is 0.917. The van der Waals surface area contributed by atoms with E-state index in [-0.39, 0.29) is 31.4 Å². The predicted octanol–water partition coefficient (Wildman–Crippen LogP) is 6.26. The Kier molecular flexibility index (Phi) is 6.55. The van der Waals surface area contributed by atoms with Crippen LogP contribution in [-0.4, -0.2) is 12.6 Å². The zero-order chi connectivity index (χ0) is 24.4. The fourth-order valence-electron chi connectivity index (χ4n) is 4.35. The maximum Gasteiger partial charge on any atom is 0.310 e. The summed E-state index contributed by atoms with van der Waals surface area (Å²) in [5.41, 5.74) is 9.66. The summed E-state index contributed by atoms with van der Waals surface area (Å²) < 4.78 is 32.7. The fourth-order valence-corrected chi connectivity index (χ4v) is 4.35. The van der Waals surface area contributed by atoms with Crippen LogP contribution in [0.25, 0.3) is 22.1 Å². The molecule has 1 heterocycles. The lowest BCUT2D eigenvalue weighted by molar-refractivity contribution is -0.142. The summed E-state index contributed by atoms with van der Waals surface area (Å²) in [6, 6.07) is 18.7. The lowest BCUT2D eigenvalue weighted by Crippen LogP contribution is -2.09. The molecule has 0 unspecified atom stereocenters. The molecular weight excluding hydrogens is 445 g/mol. The van der Waals surface area contributed by atoms with Gasteiger partial charge in [-0.15, -0.1) is 0 Å². The molecule has 0 atom stereocenters. The highest BCUT2D eigenvalue weighted by Crippen LogP contribution is 2.44. The second-order valence-corrected chi connectivity index (χ2v) is 8.85. The van der Waals surface area contributed by atoms with E-state index in [0.29, 0.717) is 40.5 Å². The number of rotatable bonds is 9. The van der Waals surface area contributed by atoms with Crippen molar-refractivity contribution >= 4 is 16.9 Å². The second kappa shape index (κ2) is 9.92. The van der Waals surface area contributed by atoms with Gasteiger partial charge in [-0.05, 0) is 49.6 Å². The van der Waals surface area contributed by atoms with Crippen LogP contribution in [0.4, 0.5) is 4.39 Å². The predicted molar refractivity (Wildman–Crippen MR) is 133 cm³/mol. The number of carbonyl (C=O) groups excluding carboxylic acids is 1. The van der Waals surface area contributed by atoms with Gasteiger partial charge >= 0.3 is 5.97 Å². The van der Waals surface area contributed by atoms with Gasteiger partial charge in [-0.25, -0.2) is 4.39 Å². The maximum absolute atomic E-state index is 15.3. The molecule has 0 radical (unpaired) electrons. The van der Waals surface area contributed by atoms with Crippen LogP contribution in [0.2, 0.25) is 0 Å². The van der Waals surface area contributed by atoms with Gasteiger partial charge in [-0.1, -0.05) is 36.4 Å². The van der Waals surface area contributed by atoms with Crippen LogP contribution >= 0.6 is 0 Å². The molecule has 2 N–H and O–H groups in total. The van der Waals surface area contributed by atoms with E-state index >= 15 is 4.39 Å². The molecule has 0 saturated heterocycles. The molecule has 6 heteroatoms. The smallest absolute Gasteiger partial charge is 0.310 e. The number of esters is 1. The molecule has 0 aliphatic heterocycles. The molecule has 1 aromatic heterocycles. The molecule has 0 amide bonds. The number of hydrogen-bond donors (Lipinski definition) is 1. The zero-order valence-electron chi connectivity index (χ0n) is 19.7. The van der Waals surface area contributed by atoms with Crippen molar-refractivity contribution < 1.29 is 23.1 Å². The van der Waals surface area contributed by atoms with Gasteiger partial charge in [-0.3, -0.25) is 4.79 Å². The number of carbonyl (C=O) groups is 1. The molecule has 1 aliphatic carbocycles. The number of benzene rings is 3. The van der Waals surface area contributed by atoms with Crippen molar-refractivity contribution in [2.45, 2.75) is 45.3 Å². The van der Waals surface area contributed by atoms with E-state index in [0.717, 1.165) is 35.1 Å². The number of halogens is 1. The quantitative estimate of drug-likeness (QED) is 0.291. The van der Waals surface area contributed by atoms with Crippen LogP contribution in [0, 0.1) is 5.82 Å². The summed E-state index contributed by atoms with van der Waals surface area (Å²) in [4.78, 5) is 12.0. The molecule has 3 aromatic carbocycles. The van der Waals surface area contributed by atoms with E-state index < -0.39 is 0 Å². The van der Waals surface area contributed by atoms with E-state index in [9.17, 15) is 4.79 Å². The third-order valence-electron chi connectivity index (χ3n) is 6.27. The lowest BCUT2D eigenvalue weighted by Gasteiger charge is -2.13. The molecule has 1 fully saturated rings. The second-order valence-electron chi connectivity index (χ2n) is 8.85. The van der Waals surface area contributed by atoms with Gasteiger partial charge in [0.25, 0.3) is 0 Å². The molecule has 5 nitrogen and oxygen atoms in total. The summed E-state index contributed by atoms with van der Waals surface area (Å²) >= 11 is 0. The Morgan fingerprint density at radius 3 is 2.63 bits per heavy atom. The first-order valence-electron chi connectivity index (χ1n) is 12.0. The van der Waals surface area contributed by atoms with Crippen molar-refractivity contribution in [1.82, 2.24) is 0 Å². The Morgan fingerprint density at radius 2 is 1.86 bits per heavy atom. The highest BCUT2D eigenvalue weighted by atomic mass is 19.1. The van der Waals surface area contributed by atoms with Gasteiger partial charge in [-0.2, -0.15) is 0 Å². The van der Waals surface area contributed by atoms with Crippen LogP contribution in [0.3, 0.4) is 0 Å². The average Bonchev–Trinajstić information content (AvgIpc) is 3.62.